The van der Waals surface area contributed by atoms with Gasteiger partial charge in [0.15, 0.2) is 0 Å². The lowest BCUT2D eigenvalue weighted by atomic mass is 10.2. The van der Waals surface area contributed by atoms with E-state index in [1.165, 1.54) is 6.08 Å². The van der Waals surface area contributed by atoms with Gasteiger partial charge in [-0.3, -0.25) is 5.10 Å². The minimum absolute atomic E-state index is 0.123. The second-order valence-corrected chi connectivity index (χ2v) is 2.26. The molecule has 0 unspecified atom stereocenters. The van der Waals surface area contributed by atoms with E-state index in [2.05, 4.69) is 11.7 Å². The van der Waals surface area contributed by atoms with Crippen LogP contribution < -0.4 is 0 Å². The van der Waals surface area contributed by atoms with Crippen LogP contribution in [0.25, 0.3) is 0 Å². The Balaban J connectivity index is 2.99. The zero-order chi connectivity index (χ0) is 9.19. The maximum Gasteiger partial charge on any atom is 0.433 e. The molecule has 1 heterocycles. The summed E-state index contributed by atoms with van der Waals surface area (Å²) in [5, 5.41) is 5.22. The molecule has 0 aliphatic heterocycles. The Hall–Kier alpha value is -1.26. The summed E-state index contributed by atoms with van der Waals surface area (Å²) in [6, 6.07) is 0. The van der Waals surface area contributed by atoms with Crippen LogP contribution in [0.1, 0.15) is 11.3 Å². The number of alkyl halides is 3. The van der Waals surface area contributed by atoms with Crippen LogP contribution in [-0.4, -0.2) is 10.2 Å². The first-order valence-electron chi connectivity index (χ1n) is 3.26. The molecule has 2 nitrogen and oxygen atoms in total. The van der Waals surface area contributed by atoms with Crippen molar-refractivity contribution in [3.8, 4) is 0 Å². The van der Waals surface area contributed by atoms with Gasteiger partial charge in [0.2, 0.25) is 0 Å². The second kappa shape index (κ2) is 3.00. The van der Waals surface area contributed by atoms with E-state index in [4.69, 9.17) is 0 Å². The lowest BCUT2D eigenvalue weighted by molar-refractivity contribution is -0.141. The molecule has 1 rings (SSSR count). The van der Waals surface area contributed by atoms with E-state index in [9.17, 15) is 13.2 Å². The van der Waals surface area contributed by atoms with E-state index in [1.54, 1.807) is 0 Å². The third-order valence-electron chi connectivity index (χ3n) is 1.37. The molecule has 5 heteroatoms. The molecule has 0 atom stereocenters. The van der Waals surface area contributed by atoms with Crippen molar-refractivity contribution in [2.75, 3.05) is 0 Å². The van der Waals surface area contributed by atoms with E-state index in [-0.39, 0.29) is 12.0 Å². The predicted octanol–water partition coefficient (Wildman–Crippen LogP) is 2.16. The van der Waals surface area contributed by atoms with Crippen molar-refractivity contribution in [3.63, 3.8) is 0 Å². The maximum absolute atomic E-state index is 12.1. The maximum atomic E-state index is 12.1. The smallest absolute Gasteiger partial charge is 0.273 e. The van der Waals surface area contributed by atoms with Crippen molar-refractivity contribution in [2.45, 2.75) is 12.6 Å². The summed E-state index contributed by atoms with van der Waals surface area (Å²) in [6.07, 6.45) is -1.62. The first-order chi connectivity index (χ1) is 5.55. The molecule has 1 aromatic rings. The Kier molecular flexibility index (Phi) is 2.21. The Morgan fingerprint density at radius 3 is 2.75 bits per heavy atom. The highest BCUT2D eigenvalue weighted by Gasteiger charge is 2.34. The summed E-state index contributed by atoms with van der Waals surface area (Å²) >= 11 is 0. The molecule has 1 N–H and O–H groups in total. The Morgan fingerprint density at radius 2 is 2.25 bits per heavy atom. The van der Waals surface area contributed by atoms with Crippen molar-refractivity contribution < 1.29 is 13.2 Å². The van der Waals surface area contributed by atoms with Gasteiger partial charge in [-0.05, 0) is 6.42 Å². The van der Waals surface area contributed by atoms with E-state index in [0.29, 0.717) is 0 Å². The highest BCUT2D eigenvalue weighted by Crippen LogP contribution is 2.30. The Bertz CT molecular complexity index is 274. The first kappa shape index (κ1) is 8.83. The van der Waals surface area contributed by atoms with Gasteiger partial charge in [-0.15, -0.1) is 6.58 Å². The largest absolute Gasteiger partial charge is 0.433 e. The third-order valence-corrected chi connectivity index (χ3v) is 1.37. The fourth-order valence-corrected chi connectivity index (χ4v) is 0.867. The Morgan fingerprint density at radius 1 is 1.58 bits per heavy atom. The quantitative estimate of drug-likeness (QED) is 0.687. The van der Waals surface area contributed by atoms with Crippen LogP contribution in [0, 0.1) is 0 Å². The van der Waals surface area contributed by atoms with Crippen molar-refractivity contribution in [3.05, 3.63) is 30.1 Å². The number of H-pyrrole nitrogens is 1. The van der Waals surface area contributed by atoms with Gasteiger partial charge >= 0.3 is 6.18 Å². The minimum atomic E-state index is -4.35. The molecule has 0 aliphatic rings. The molecule has 12 heavy (non-hydrogen) atoms. The van der Waals surface area contributed by atoms with Gasteiger partial charge in [0.25, 0.3) is 0 Å². The lowest BCUT2D eigenvalue weighted by Crippen LogP contribution is -2.08. The number of nitrogens with zero attached hydrogens (tertiary/aromatic N) is 1. The van der Waals surface area contributed by atoms with Crippen LogP contribution in [0.2, 0.25) is 0 Å². The molecule has 0 amide bonds. The monoisotopic (exact) mass is 176 g/mol. The summed E-state index contributed by atoms with van der Waals surface area (Å²) in [5.41, 5.74) is -0.667. The summed E-state index contributed by atoms with van der Waals surface area (Å²) in [4.78, 5) is 0. The standard InChI is InChI=1S/C7H7F3N2/c1-2-3-5-4-11-12-6(5)7(8,9)10/h2,4H,1,3H2,(H,11,12). The van der Waals surface area contributed by atoms with Crippen molar-refractivity contribution in [1.82, 2.24) is 10.2 Å². The van der Waals surface area contributed by atoms with Crippen molar-refractivity contribution in [2.24, 2.45) is 0 Å². The summed E-state index contributed by atoms with van der Waals surface area (Å²) in [5.74, 6) is 0. The van der Waals surface area contributed by atoms with Gasteiger partial charge in [-0.25, -0.2) is 0 Å². The number of hydrogen-bond donors (Lipinski definition) is 1. The van der Waals surface area contributed by atoms with Crippen molar-refractivity contribution >= 4 is 0 Å². The number of aromatic amines is 1. The molecular formula is C7H7F3N2. The molecule has 0 fully saturated rings. The summed E-state index contributed by atoms with van der Waals surface area (Å²) in [6.45, 7) is 3.35. The lowest BCUT2D eigenvalue weighted by Gasteiger charge is -2.04. The fourth-order valence-electron chi connectivity index (χ4n) is 0.867. The van der Waals surface area contributed by atoms with Crippen LogP contribution in [0.4, 0.5) is 13.2 Å². The average molecular weight is 176 g/mol. The molecule has 0 aromatic carbocycles. The highest BCUT2D eigenvalue weighted by molar-refractivity contribution is 5.21. The van der Waals surface area contributed by atoms with Gasteiger partial charge in [-0.1, -0.05) is 6.08 Å². The van der Waals surface area contributed by atoms with Gasteiger partial charge in [0.05, 0.1) is 6.20 Å². The Labute approximate surface area is 67.1 Å². The molecule has 0 saturated heterocycles. The van der Waals surface area contributed by atoms with E-state index in [0.717, 1.165) is 6.20 Å². The minimum Gasteiger partial charge on any atom is -0.273 e. The molecule has 1 aromatic heterocycles. The van der Waals surface area contributed by atoms with Crippen LogP contribution >= 0.6 is 0 Å². The SMILES string of the molecule is C=CCc1cn[nH]c1C(F)(F)F. The number of rotatable bonds is 2. The highest BCUT2D eigenvalue weighted by atomic mass is 19.4. The third kappa shape index (κ3) is 1.66. The normalized spacial score (nSPS) is 11.6. The summed E-state index contributed by atoms with van der Waals surface area (Å²) < 4.78 is 36.3. The number of allylic oxidation sites excluding steroid dienone is 1. The van der Waals surface area contributed by atoms with Gasteiger partial charge in [0.1, 0.15) is 5.69 Å². The van der Waals surface area contributed by atoms with E-state index in [1.807, 2.05) is 5.10 Å². The zero-order valence-corrected chi connectivity index (χ0v) is 6.15. The molecular weight excluding hydrogens is 169 g/mol. The van der Waals surface area contributed by atoms with E-state index < -0.39 is 11.9 Å². The number of nitrogens with one attached hydrogen (secondary N) is 1. The first-order valence-corrected chi connectivity index (χ1v) is 3.26. The fraction of sp³-hybridized carbons (Fsp3) is 0.286. The molecule has 0 spiro atoms. The molecule has 0 aliphatic carbocycles. The topological polar surface area (TPSA) is 28.7 Å². The summed E-state index contributed by atoms with van der Waals surface area (Å²) in [7, 11) is 0. The van der Waals surface area contributed by atoms with Gasteiger partial charge < -0.3 is 0 Å². The second-order valence-electron chi connectivity index (χ2n) is 2.26. The molecule has 0 radical (unpaired) electrons. The van der Waals surface area contributed by atoms with Gasteiger partial charge in [-0.2, -0.15) is 18.3 Å². The van der Waals surface area contributed by atoms with Crippen molar-refractivity contribution in [1.29, 1.82) is 0 Å². The average Bonchev–Trinajstić information content (AvgIpc) is 2.34. The zero-order valence-electron chi connectivity index (χ0n) is 6.15. The molecule has 0 saturated carbocycles. The molecule has 66 valence electrons. The number of hydrogen-bond acceptors (Lipinski definition) is 1. The predicted molar refractivity (Wildman–Crippen MR) is 37.5 cm³/mol. The van der Waals surface area contributed by atoms with Crippen LogP contribution in [-0.2, 0) is 12.6 Å². The van der Waals surface area contributed by atoms with Crippen LogP contribution in [0.3, 0.4) is 0 Å². The number of halogens is 3. The van der Waals surface area contributed by atoms with Gasteiger partial charge in [0, 0.05) is 5.56 Å². The number of aromatic nitrogens is 2. The van der Waals surface area contributed by atoms with E-state index >= 15 is 0 Å². The van der Waals surface area contributed by atoms with Crippen LogP contribution in [0.5, 0.6) is 0 Å². The molecule has 0 bridgehead atoms. The van der Waals surface area contributed by atoms with Crippen LogP contribution in [0.15, 0.2) is 18.9 Å².